The molecular weight excluding hydrogens is 162 g/mol. The summed E-state index contributed by atoms with van der Waals surface area (Å²) in [5.41, 5.74) is 0. The van der Waals surface area contributed by atoms with Gasteiger partial charge in [0.15, 0.2) is 0 Å². The van der Waals surface area contributed by atoms with Gasteiger partial charge in [0.25, 0.3) is 0 Å². The van der Waals surface area contributed by atoms with Gasteiger partial charge < -0.3 is 5.32 Å². The molecule has 0 fully saturated rings. The summed E-state index contributed by atoms with van der Waals surface area (Å²) in [7, 11) is 0. The van der Waals surface area contributed by atoms with Crippen molar-refractivity contribution in [2.45, 2.75) is 19.8 Å². The lowest BCUT2D eigenvalue weighted by atomic mass is 10.2. The fourth-order valence-electron chi connectivity index (χ4n) is 0.581. The van der Waals surface area contributed by atoms with Crippen molar-refractivity contribution in [3.05, 3.63) is 6.92 Å². The van der Waals surface area contributed by atoms with Gasteiger partial charge in [-0.05, 0) is 6.42 Å². The van der Waals surface area contributed by atoms with E-state index >= 15 is 0 Å². The maximum absolute atomic E-state index is 11.0. The van der Waals surface area contributed by atoms with E-state index in [2.05, 4.69) is 12.2 Å². The Morgan fingerprint density at radius 2 is 2.36 bits per heavy atom. The van der Waals surface area contributed by atoms with Gasteiger partial charge in [-0.25, -0.2) is 0 Å². The molecule has 0 spiro atoms. The molecule has 0 bridgehead atoms. The van der Waals surface area contributed by atoms with Crippen LogP contribution in [-0.2, 0) is 4.79 Å². The third-order valence-corrected chi connectivity index (χ3v) is 1.87. The molecule has 3 heteroatoms. The van der Waals surface area contributed by atoms with Gasteiger partial charge in [0.1, 0.15) is 0 Å². The van der Waals surface area contributed by atoms with Gasteiger partial charge in [-0.15, -0.1) is 11.6 Å². The normalized spacial score (nSPS) is 12.6. The highest BCUT2D eigenvalue weighted by Gasteiger charge is 2.09. The smallest absolute Gasteiger partial charge is 0.224 e. The van der Waals surface area contributed by atoms with Crippen LogP contribution in [0.2, 0.25) is 0 Å². The van der Waals surface area contributed by atoms with Gasteiger partial charge in [-0.2, -0.15) is 0 Å². The molecule has 65 valence electrons. The molecule has 1 amide bonds. The van der Waals surface area contributed by atoms with E-state index in [-0.39, 0.29) is 11.8 Å². The summed E-state index contributed by atoms with van der Waals surface area (Å²) in [6.45, 7) is 6.19. The summed E-state index contributed by atoms with van der Waals surface area (Å²) >= 11 is 5.49. The van der Waals surface area contributed by atoms with Crippen LogP contribution in [0.25, 0.3) is 0 Å². The third kappa shape index (κ3) is 5.08. The van der Waals surface area contributed by atoms with Crippen LogP contribution in [-0.4, -0.2) is 18.3 Å². The molecule has 0 aliphatic carbocycles. The predicted molar refractivity (Wildman–Crippen MR) is 47.5 cm³/mol. The Morgan fingerprint density at radius 1 is 1.73 bits per heavy atom. The summed E-state index contributed by atoms with van der Waals surface area (Å²) in [6.07, 6.45) is 1.79. The Bertz CT molecular complexity index is 117. The summed E-state index contributed by atoms with van der Waals surface area (Å²) in [5.74, 6) is 0.339. The molecule has 0 aliphatic heterocycles. The molecule has 0 aromatic carbocycles. The summed E-state index contributed by atoms with van der Waals surface area (Å²) in [6, 6.07) is 0. The van der Waals surface area contributed by atoms with Gasteiger partial charge in [-0.3, -0.25) is 4.79 Å². The Hall–Kier alpha value is -0.240. The van der Waals surface area contributed by atoms with Crippen LogP contribution < -0.4 is 5.32 Å². The van der Waals surface area contributed by atoms with Crippen molar-refractivity contribution in [1.82, 2.24) is 5.32 Å². The molecule has 11 heavy (non-hydrogen) atoms. The average molecular weight is 177 g/mol. The van der Waals surface area contributed by atoms with Gasteiger partial charge in [0.05, 0.1) is 0 Å². The number of hydrogen-bond donors (Lipinski definition) is 1. The number of nitrogens with one attached hydrogen (secondary N) is 1. The van der Waals surface area contributed by atoms with Crippen LogP contribution in [0.5, 0.6) is 0 Å². The molecule has 2 nitrogen and oxygen atoms in total. The molecular formula is C8H15ClNO. The number of halogens is 1. The first-order valence-electron chi connectivity index (χ1n) is 3.85. The highest BCUT2D eigenvalue weighted by molar-refractivity contribution is 6.19. The minimum absolute atomic E-state index is 0.0356. The minimum atomic E-state index is -0.0820. The number of alkyl halides is 1. The number of unbranched alkanes of at least 4 members (excludes halogenated alkanes) is 1. The molecule has 0 rings (SSSR count). The number of amides is 1. The van der Waals surface area contributed by atoms with Crippen molar-refractivity contribution >= 4 is 17.5 Å². The Morgan fingerprint density at radius 3 is 2.82 bits per heavy atom. The van der Waals surface area contributed by atoms with E-state index in [0.29, 0.717) is 12.4 Å². The number of carbonyl (C=O) groups excluding carboxylic acids is 1. The molecule has 0 saturated heterocycles. The molecule has 0 saturated carbocycles. The molecule has 0 aliphatic rings. The van der Waals surface area contributed by atoms with Gasteiger partial charge in [0.2, 0.25) is 5.91 Å². The molecule has 1 N–H and O–H groups in total. The van der Waals surface area contributed by atoms with Crippen LogP contribution in [0.15, 0.2) is 0 Å². The standard InChI is InChI=1S/C8H15ClNO/c1-3-4-5-10-8(11)7(2)6-9/h7H,1,3-6H2,2H3,(H,10,11). The molecule has 0 aromatic heterocycles. The summed E-state index contributed by atoms with van der Waals surface area (Å²) < 4.78 is 0. The van der Waals surface area contributed by atoms with E-state index in [1.807, 2.05) is 6.92 Å². The monoisotopic (exact) mass is 176 g/mol. The van der Waals surface area contributed by atoms with E-state index in [4.69, 9.17) is 11.6 Å². The zero-order valence-electron chi connectivity index (χ0n) is 6.90. The van der Waals surface area contributed by atoms with E-state index in [1.54, 1.807) is 0 Å². The molecule has 1 unspecified atom stereocenters. The lowest BCUT2D eigenvalue weighted by Crippen LogP contribution is -2.30. The maximum atomic E-state index is 11.0. The predicted octanol–water partition coefficient (Wildman–Crippen LogP) is 1.59. The van der Waals surface area contributed by atoms with Gasteiger partial charge in [0, 0.05) is 18.3 Å². The zero-order chi connectivity index (χ0) is 8.69. The van der Waals surface area contributed by atoms with Gasteiger partial charge in [-0.1, -0.05) is 20.3 Å². The fraction of sp³-hybridized carbons (Fsp3) is 0.750. The lowest BCUT2D eigenvalue weighted by molar-refractivity contribution is -0.123. The Kier molecular flexibility index (Phi) is 6.33. The number of hydrogen-bond acceptors (Lipinski definition) is 1. The zero-order valence-corrected chi connectivity index (χ0v) is 7.66. The summed E-state index contributed by atoms with van der Waals surface area (Å²) in [5, 5.41) is 2.77. The minimum Gasteiger partial charge on any atom is -0.356 e. The van der Waals surface area contributed by atoms with Crippen LogP contribution in [0.4, 0.5) is 0 Å². The largest absolute Gasteiger partial charge is 0.356 e. The van der Waals surface area contributed by atoms with Crippen molar-refractivity contribution in [2.24, 2.45) is 5.92 Å². The topological polar surface area (TPSA) is 29.1 Å². The van der Waals surface area contributed by atoms with Crippen molar-refractivity contribution < 1.29 is 4.79 Å². The average Bonchev–Trinajstić information content (AvgIpc) is 2.03. The second-order valence-electron chi connectivity index (χ2n) is 2.55. The Labute approximate surface area is 73.3 Å². The first kappa shape index (κ1) is 10.8. The second-order valence-corrected chi connectivity index (χ2v) is 2.86. The number of carbonyl (C=O) groups is 1. The van der Waals surface area contributed by atoms with Crippen LogP contribution >= 0.6 is 11.6 Å². The maximum Gasteiger partial charge on any atom is 0.224 e. The Balaban J connectivity index is 3.36. The first-order valence-corrected chi connectivity index (χ1v) is 4.38. The van der Waals surface area contributed by atoms with Crippen molar-refractivity contribution in [2.75, 3.05) is 12.4 Å². The van der Waals surface area contributed by atoms with E-state index < -0.39 is 0 Å². The highest BCUT2D eigenvalue weighted by atomic mass is 35.5. The van der Waals surface area contributed by atoms with Crippen molar-refractivity contribution in [3.8, 4) is 0 Å². The second kappa shape index (κ2) is 6.47. The van der Waals surface area contributed by atoms with Gasteiger partial charge >= 0.3 is 0 Å². The van der Waals surface area contributed by atoms with Crippen LogP contribution in [0, 0.1) is 12.8 Å². The first-order chi connectivity index (χ1) is 5.22. The highest BCUT2D eigenvalue weighted by Crippen LogP contribution is 1.97. The van der Waals surface area contributed by atoms with Crippen molar-refractivity contribution in [1.29, 1.82) is 0 Å². The van der Waals surface area contributed by atoms with Crippen LogP contribution in [0.3, 0.4) is 0 Å². The third-order valence-electron chi connectivity index (χ3n) is 1.41. The van der Waals surface area contributed by atoms with Crippen LogP contribution in [0.1, 0.15) is 19.8 Å². The number of rotatable bonds is 5. The molecule has 1 atom stereocenters. The SMILES string of the molecule is [CH2]CCCNC(=O)C(C)CCl. The van der Waals surface area contributed by atoms with E-state index in [1.165, 1.54) is 0 Å². The lowest BCUT2D eigenvalue weighted by Gasteiger charge is -2.07. The summed E-state index contributed by atoms with van der Waals surface area (Å²) in [4.78, 5) is 11.0. The van der Waals surface area contributed by atoms with E-state index in [0.717, 1.165) is 12.8 Å². The molecule has 0 aromatic rings. The molecule has 0 heterocycles. The fourth-order valence-corrected chi connectivity index (χ4v) is 0.721. The van der Waals surface area contributed by atoms with Crippen molar-refractivity contribution in [3.63, 3.8) is 0 Å². The quantitative estimate of drug-likeness (QED) is 0.500. The molecule has 1 radical (unpaired) electrons. The van der Waals surface area contributed by atoms with E-state index in [9.17, 15) is 4.79 Å².